The Morgan fingerprint density at radius 1 is 1.19 bits per heavy atom. The Labute approximate surface area is 184 Å². The van der Waals surface area contributed by atoms with E-state index in [1.165, 1.54) is 6.20 Å². The van der Waals surface area contributed by atoms with E-state index in [9.17, 15) is 27.2 Å². The van der Waals surface area contributed by atoms with Crippen LogP contribution in [-0.4, -0.2) is 64.7 Å². The molecule has 2 fully saturated rings. The van der Waals surface area contributed by atoms with Gasteiger partial charge >= 0.3 is 11.7 Å². The van der Waals surface area contributed by atoms with Crippen molar-refractivity contribution >= 4 is 34.5 Å². The molecule has 1 saturated heterocycles. The topological polar surface area (TPSA) is 75.0 Å². The van der Waals surface area contributed by atoms with Crippen LogP contribution in [0.5, 0.6) is 5.75 Å². The third-order valence-corrected chi connectivity index (χ3v) is 6.31. The number of halogens is 4. The van der Waals surface area contributed by atoms with Crippen LogP contribution in [0.2, 0.25) is 0 Å². The van der Waals surface area contributed by atoms with E-state index in [-0.39, 0.29) is 34.7 Å². The number of nitrogens with zero attached hydrogens (tertiary/aromatic N) is 3. The number of ether oxygens (including phenoxy) is 1. The number of piperazine rings is 1. The molecule has 0 atom stereocenters. The van der Waals surface area contributed by atoms with Crippen LogP contribution in [0, 0.1) is 5.82 Å². The number of aromatic nitrogens is 1. The molecule has 32 heavy (non-hydrogen) atoms. The summed E-state index contributed by atoms with van der Waals surface area (Å²) in [4.78, 5) is 27.3. The molecule has 1 aromatic carbocycles. The molecule has 0 amide bonds. The molecular formula is C20H21F4N3O4S. The molecule has 1 saturated carbocycles. The number of hydrogen-bond acceptors (Lipinski definition) is 6. The minimum Gasteiger partial charge on any atom is -0.449 e. The van der Waals surface area contributed by atoms with Gasteiger partial charge in [0.15, 0.2) is 5.75 Å². The second-order valence-electron chi connectivity index (χ2n) is 7.77. The molecule has 174 valence electrons. The van der Waals surface area contributed by atoms with E-state index in [0.29, 0.717) is 43.9 Å². The zero-order valence-electron chi connectivity index (χ0n) is 16.9. The van der Waals surface area contributed by atoms with E-state index in [2.05, 4.69) is 4.74 Å². The molecule has 1 aromatic heterocycles. The van der Waals surface area contributed by atoms with Crippen LogP contribution in [0.25, 0.3) is 10.9 Å². The smallest absolute Gasteiger partial charge is 0.449 e. The first-order chi connectivity index (χ1) is 15.1. The van der Waals surface area contributed by atoms with Crippen LogP contribution in [0.4, 0.5) is 28.0 Å². The van der Waals surface area contributed by atoms with Gasteiger partial charge in [-0.15, -0.1) is 0 Å². The Hall–Kier alpha value is -2.47. The van der Waals surface area contributed by atoms with E-state index in [1.807, 2.05) is 9.80 Å². The first-order valence-corrected chi connectivity index (χ1v) is 11.1. The number of anilines is 1. The second kappa shape index (κ2) is 8.81. The van der Waals surface area contributed by atoms with E-state index in [0.717, 1.165) is 18.9 Å². The number of alkyl halides is 3. The number of carboxylic acid groups (broad SMARTS) is 1. The van der Waals surface area contributed by atoms with E-state index >= 15 is 0 Å². The van der Waals surface area contributed by atoms with Gasteiger partial charge in [0.2, 0.25) is 5.43 Å². The molecule has 1 aliphatic heterocycles. The standard InChI is InChI=1S/C20H21F4N3O4S/c21-14-9-13-15(27(12-1-2-12)11-17(18(13)28)31-19(29)30)10-16(14)26-5-3-25(4-6-26)7-8-32-20(22,23)24/h9-12H,1-8H2,(H,29,30). The minimum atomic E-state index is -4.25. The Kier molecular flexibility index (Phi) is 6.26. The first-order valence-electron chi connectivity index (χ1n) is 10.1. The second-order valence-corrected chi connectivity index (χ2v) is 8.93. The van der Waals surface area contributed by atoms with Gasteiger partial charge < -0.3 is 19.3 Å². The Balaban J connectivity index is 1.56. The maximum absolute atomic E-state index is 15.0. The predicted octanol–water partition coefficient (Wildman–Crippen LogP) is 3.91. The Bertz CT molecular complexity index is 1080. The summed E-state index contributed by atoms with van der Waals surface area (Å²) in [5.41, 5.74) is -4.14. The molecule has 0 radical (unpaired) electrons. The number of thioether (sulfide) groups is 1. The molecule has 4 rings (SSSR count). The molecule has 1 N–H and O–H groups in total. The molecule has 1 aliphatic carbocycles. The Morgan fingerprint density at radius 3 is 2.47 bits per heavy atom. The van der Waals surface area contributed by atoms with Gasteiger partial charge in [-0.3, -0.25) is 9.69 Å². The fourth-order valence-electron chi connectivity index (χ4n) is 3.90. The van der Waals surface area contributed by atoms with Crippen molar-refractivity contribution in [3.05, 3.63) is 34.4 Å². The molecule has 0 unspecified atom stereocenters. The quantitative estimate of drug-likeness (QED) is 0.502. The van der Waals surface area contributed by atoms with Gasteiger partial charge in [-0.05, 0) is 36.7 Å². The molecule has 2 aromatic rings. The summed E-state index contributed by atoms with van der Waals surface area (Å²) in [7, 11) is 0. The third kappa shape index (κ3) is 5.12. The van der Waals surface area contributed by atoms with Crippen LogP contribution in [0.15, 0.2) is 23.1 Å². The lowest BCUT2D eigenvalue weighted by atomic mass is 10.1. The Morgan fingerprint density at radius 2 is 1.88 bits per heavy atom. The zero-order chi connectivity index (χ0) is 23.0. The summed E-state index contributed by atoms with van der Waals surface area (Å²) in [5, 5.41) is 8.92. The van der Waals surface area contributed by atoms with Gasteiger partial charge in [-0.2, -0.15) is 13.2 Å². The zero-order valence-corrected chi connectivity index (χ0v) is 17.7. The number of benzene rings is 1. The van der Waals surface area contributed by atoms with Gasteiger partial charge in [-0.1, -0.05) is 0 Å². The largest absolute Gasteiger partial charge is 0.511 e. The van der Waals surface area contributed by atoms with E-state index < -0.39 is 22.9 Å². The number of rotatable bonds is 6. The van der Waals surface area contributed by atoms with Crippen molar-refractivity contribution < 1.29 is 32.2 Å². The van der Waals surface area contributed by atoms with E-state index in [4.69, 9.17) is 5.11 Å². The lowest BCUT2D eigenvalue weighted by molar-refractivity contribution is -0.0328. The SMILES string of the molecule is O=C(O)Oc1cn(C2CC2)c2cc(N3CCN(CCSC(F)(F)F)CC3)c(F)cc2c1=O. The molecule has 0 spiro atoms. The minimum absolute atomic E-state index is 0.0414. The fourth-order valence-corrected chi connectivity index (χ4v) is 4.48. The van der Waals surface area contributed by atoms with E-state index in [1.54, 1.807) is 10.6 Å². The average molecular weight is 475 g/mol. The van der Waals surface area contributed by atoms with Gasteiger partial charge in [0.05, 0.1) is 22.8 Å². The van der Waals surface area contributed by atoms with Crippen LogP contribution in [0.3, 0.4) is 0 Å². The highest BCUT2D eigenvalue weighted by atomic mass is 32.2. The van der Waals surface area contributed by atoms with Crippen molar-refractivity contribution in [1.29, 1.82) is 0 Å². The molecule has 2 aliphatic rings. The van der Waals surface area contributed by atoms with Crippen LogP contribution < -0.4 is 15.1 Å². The van der Waals surface area contributed by atoms with Gasteiger partial charge in [0.1, 0.15) is 5.82 Å². The molecular weight excluding hydrogens is 454 g/mol. The van der Waals surface area contributed by atoms with Crippen LogP contribution in [-0.2, 0) is 0 Å². The van der Waals surface area contributed by atoms with Crippen molar-refractivity contribution in [3.8, 4) is 5.75 Å². The van der Waals surface area contributed by atoms with Crippen molar-refractivity contribution in [3.63, 3.8) is 0 Å². The predicted molar refractivity (Wildman–Crippen MR) is 112 cm³/mol. The normalized spacial score (nSPS) is 17.7. The summed E-state index contributed by atoms with van der Waals surface area (Å²) < 4.78 is 58.2. The highest BCUT2D eigenvalue weighted by Crippen LogP contribution is 2.39. The van der Waals surface area contributed by atoms with Crippen LogP contribution in [0.1, 0.15) is 18.9 Å². The summed E-state index contributed by atoms with van der Waals surface area (Å²) in [6, 6.07) is 2.77. The lowest BCUT2D eigenvalue weighted by Gasteiger charge is -2.36. The lowest BCUT2D eigenvalue weighted by Crippen LogP contribution is -2.47. The molecule has 0 bridgehead atoms. The van der Waals surface area contributed by atoms with Gasteiger partial charge in [0, 0.05) is 44.5 Å². The monoisotopic (exact) mass is 475 g/mol. The van der Waals surface area contributed by atoms with Crippen molar-refractivity contribution in [2.45, 2.75) is 24.4 Å². The number of hydrogen-bond donors (Lipinski definition) is 1. The number of carbonyl (C=O) groups is 1. The summed E-state index contributed by atoms with van der Waals surface area (Å²) in [5.74, 6) is -1.04. The van der Waals surface area contributed by atoms with Crippen molar-refractivity contribution in [2.75, 3.05) is 43.4 Å². The molecule has 12 heteroatoms. The maximum Gasteiger partial charge on any atom is 0.511 e. The molecule has 2 heterocycles. The van der Waals surface area contributed by atoms with Crippen molar-refractivity contribution in [2.24, 2.45) is 0 Å². The van der Waals surface area contributed by atoms with Gasteiger partial charge in [0.25, 0.3) is 0 Å². The first kappa shape index (κ1) is 22.7. The number of pyridine rings is 1. The highest BCUT2D eigenvalue weighted by Gasteiger charge is 2.30. The van der Waals surface area contributed by atoms with Crippen LogP contribution >= 0.6 is 11.8 Å². The highest BCUT2D eigenvalue weighted by molar-refractivity contribution is 8.00. The summed E-state index contributed by atoms with van der Waals surface area (Å²) >= 11 is -0.0501. The van der Waals surface area contributed by atoms with Crippen molar-refractivity contribution in [1.82, 2.24) is 9.47 Å². The maximum atomic E-state index is 15.0. The average Bonchev–Trinajstić information content (AvgIpc) is 3.55. The fraction of sp³-hybridized carbons (Fsp3) is 0.500. The number of fused-ring (bicyclic) bond motifs is 1. The molecule has 7 nitrogen and oxygen atoms in total. The summed E-state index contributed by atoms with van der Waals surface area (Å²) in [6.45, 7) is 2.17. The third-order valence-electron chi connectivity index (χ3n) is 5.59. The van der Waals surface area contributed by atoms with Gasteiger partial charge in [-0.25, -0.2) is 9.18 Å². The summed E-state index contributed by atoms with van der Waals surface area (Å²) in [6.07, 6.45) is 1.44.